The summed E-state index contributed by atoms with van der Waals surface area (Å²) in [7, 11) is 0. The molecule has 4 aliphatic rings. The Morgan fingerprint density at radius 3 is 2.57 bits per heavy atom. The maximum atomic E-state index is 11.8. The van der Waals surface area contributed by atoms with Gasteiger partial charge in [0.25, 0.3) is 0 Å². The molecule has 0 aromatic carbocycles. The number of aromatic amines is 1. The number of hydrogen-bond donors (Lipinski definition) is 2. The van der Waals surface area contributed by atoms with Crippen molar-refractivity contribution in [3.05, 3.63) is 5.82 Å². The predicted molar refractivity (Wildman–Crippen MR) is 117 cm³/mol. The van der Waals surface area contributed by atoms with Crippen molar-refractivity contribution in [3.8, 4) is 0 Å². The first-order valence-corrected chi connectivity index (χ1v) is 12.8. The van der Waals surface area contributed by atoms with Crippen LogP contribution < -0.4 is 0 Å². The lowest BCUT2D eigenvalue weighted by molar-refractivity contribution is -0.194. The van der Waals surface area contributed by atoms with E-state index in [2.05, 4.69) is 48.3 Å². The molecule has 4 saturated carbocycles. The molecule has 0 amide bonds. The normalized spacial score (nSPS) is 49.2. The standard InChI is InChI=1S/C25H42N4O/c1-5-16-18-8-6-7-12-24(18,3)20-11-13-25(4)17(9-10-19(25)22(20)23(16)30)15(2)14-21-26-28-29-27-21/h15-20,22-23,30H,5-14H2,1-4H3,(H,26,27,28,29)/t15-,16-,17?,18?,19?,20?,22?,23-,24?,25?/m1/s1. The van der Waals surface area contributed by atoms with Crippen molar-refractivity contribution >= 4 is 0 Å². The summed E-state index contributed by atoms with van der Waals surface area (Å²) in [6, 6.07) is 0. The zero-order chi connectivity index (χ0) is 21.1. The molecule has 0 radical (unpaired) electrons. The zero-order valence-electron chi connectivity index (χ0n) is 19.5. The fourth-order valence-electron chi connectivity index (χ4n) is 9.71. The molecule has 7 unspecified atom stereocenters. The minimum absolute atomic E-state index is 0.0907. The van der Waals surface area contributed by atoms with Crippen LogP contribution in [0.2, 0.25) is 0 Å². The van der Waals surface area contributed by atoms with Gasteiger partial charge in [-0.1, -0.05) is 52.2 Å². The second kappa shape index (κ2) is 7.56. The van der Waals surface area contributed by atoms with E-state index >= 15 is 0 Å². The van der Waals surface area contributed by atoms with Crippen molar-refractivity contribution < 1.29 is 5.11 Å². The van der Waals surface area contributed by atoms with Crippen molar-refractivity contribution in [2.75, 3.05) is 0 Å². The lowest BCUT2D eigenvalue weighted by atomic mass is 9.41. The summed E-state index contributed by atoms with van der Waals surface area (Å²) in [6.45, 7) is 9.92. The van der Waals surface area contributed by atoms with Crippen molar-refractivity contribution in [2.24, 2.45) is 52.3 Å². The highest BCUT2D eigenvalue weighted by molar-refractivity contribution is 5.13. The Morgan fingerprint density at radius 2 is 1.83 bits per heavy atom. The van der Waals surface area contributed by atoms with Crippen LogP contribution >= 0.6 is 0 Å². The van der Waals surface area contributed by atoms with Crippen LogP contribution in [0.4, 0.5) is 0 Å². The Balaban J connectivity index is 1.43. The van der Waals surface area contributed by atoms with Crippen LogP contribution in [0.25, 0.3) is 0 Å². The number of fused-ring (bicyclic) bond motifs is 5. The minimum Gasteiger partial charge on any atom is -0.393 e. The third-order valence-corrected chi connectivity index (χ3v) is 11.0. The molecule has 4 aliphatic carbocycles. The number of rotatable bonds is 4. The Morgan fingerprint density at radius 1 is 1.03 bits per heavy atom. The van der Waals surface area contributed by atoms with Crippen LogP contribution in [-0.2, 0) is 6.42 Å². The smallest absolute Gasteiger partial charge is 0.174 e. The molecule has 4 fully saturated rings. The van der Waals surface area contributed by atoms with Crippen molar-refractivity contribution in [2.45, 2.75) is 98.0 Å². The fraction of sp³-hybridized carbons (Fsp3) is 0.960. The molecule has 0 bridgehead atoms. The van der Waals surface area contributed by atoms with Gasteiger partial charge in [0.2, 0.25) is 0 Å². The summed E-state index contributed by atoms with van der Waals surface area (Å²) < 4.78 is 0. The van der Waals surface area contributed by atoms with E-state index in [1.54, 1.807) is 0 Å². The zero-order valence-corrected chi connectivity index (χ0v) is 19.5. The molecule has 1 heterocycles. The van der Waals surface area contributed by atoms with Gasteiger partial charge in [0.1, 0.15) is 0 Å². The second-order valence-corrected chi connectivity index (χ2v) is 11.9. The minimum atomic E-state index is -0.0907. The summed E-state index contributed by atoms with van der Waals surface area (Å²) in [5.41, 5.74) is 0.805. The highest BCUT2D eigenvalue weighted by Gasteiger charge is 2.64. The predicted octanol–water partition coefficient (Wildman–Crippen LogP) is 5.03. The van der Waals surface area contributed by atoms with Crippen LogP contribution in [0.15, 0.2) is 0 Å². The Bertz CT molecular complexity index is 738. The van der Waals surface area contributed by atoms with Crippen molar-refractivity contribution in [1.29, 1.82) is 0 Å². The Hall–Kier alpha value is -0.970. The molecule has 168 valence electrons. The quantitative estimate of drug-likeness (QED) is 0.724. The van der Waals surface area contributed by atoms with Crippen LogP contribution in [0.3, 0.4) is 0 Å². The average molecular weight is 415 g/mol. The van der Waals surface area contributed by atoms with E-state index < -0.39 is 0 Å². The van der Waals surface area contributed by atoms with Gasteiger partial charge in [-0.05, 0) is 90.8 Å². The summed E-state index contributed by atoms with van der Waals surface area (Å²) in [4.78, 5) is 0. The maximum absolute atomic E-state index is 11.8. The number of nitrogens with one attached hydrogen (secondary N) is 1. The van der Waals surface area contributed by atoms with Gasteiger partial charge < -0.3 is 5.11 Å². The van der Waals surface area contributed by atoms with Gasteiger partial charge >= 0.3 is 0 Å². The number of aliphatic hydroxyl groups is 1. The van der Waals surface area contributed by atoms with Gasteiger partial charge in [0, 0.05) is 6.42 Å². The van der Waals surface area contributed by atoms with E-state index in [-0.39, 0.29) is 6.10 Å². The molecular formula is C25H42N4O. The summed E-state index contributed by atoms with van der Waals surface area (Å²) in [5.74, 6) is 5.28. The second-order valence-electron chi connectivity index (χ2n) is 11.9. The maximum Gasteiger partial charge on any atom is 0.174 e. The highest BCUT2D eigenvalue weighted by Crippen LogP contribution is 2.69. The molecular weight excluding hydrogens is 372 g/mol. The van der Waals surface area contributed by atoms with Crippen molar-refractivity contribution in [1.82, 2.24) is 20.6 Å². The first kappa shape index (κ1) is 20.9. The van der Waals surface area contributed by atoms with E-state index in [9.17, 15) is 5.11 Å². The lowest BCUT2D eigenvalue weighted by Crippen LogP contribution is -2.61. The van der Waals surface area contributed by atoms with Crippen LogP contribution in [-0.4, -0.2) is 31.8 Å². The van der Waals surface area contributed by atoms with Gasteiger partial charge in [-0.15, -0.1) is 10.2 Å². The molecule has 0 spiro atoms. The summed E-state index contributed by atoms with van der Waals surface area (Å²) >= 11 is 0. The van der Waals surface area contributed by atoms with E-state index in [1.165, 1.54) is 51.4 Å². The van der Waals surface area contributed by atoms with E-state index in [0.717, 1.165) is 30.5 Å². The summed E-state index contributed by atoms with van der Waals surface area (Å²) in [5, 5.41) is 26.6. The number of nitrogens with zero attached hydrogens (tertiary/aromatic N) is 3. The number of H-pyrrole nitrogens is 1. The molecule has 1 aromatic rings. The molecule has 5 nitrogen and oxygen atoms in total. The van der Waals surface area contributed by atoms with Crippen LogP contribution in [0.1, 0.15) is 91.3 Å². The van der Waals surface area contributed by atoms with Gasteiger partial charge in [0.05, 0.1) is 6.10 Å². The molecule has 10 atom stereocenters. The van der Waals surface area contributed by atoms with E-state index in [0.29, 0.717) is 40.4 Å². The molecule has 5 heteroatoms. The molecule has 0 aliphatic heterocycles. The van der Waals surface area contributed by atoms with Gasteiger partial charge in [-0.2, -0.15) is 5.21 Å². The number of hydrogen-bond acceptors (Lipinski definition) is 4. The van der Waals surface area contributed by atoms with Gasteiger partial charge in [-0.3, -0.25) is 0 Å². The third-order valence-electron chi connectivity index (χ3n) is 11.0. The first-order valence-electron chi connectivity index (χ1n) is 12.8. The topological polar surface area (TPSA) is 74.7 Å². The number of aliphatic hydroxyl groups excluding tert-OH is 1. The number of tetrazole rings is 1. The van der Waals surface area contributed by atoms with Gasteiger partial charge in [-0.25, -0.2) is 0 Å². The van der Waals surface area contributed by atoms with Crippen LogP contribution in [0.5, 0.6) is 0 Å². The Kier molecular flexibility index (Phi) is 5.27. The average Bonchev–Trinajstić information content (AvgIpc) is 3.35. The molecule has 2 N–H and O–H groups in total. The fourth-order valence-corrected chi connectivity index (χ4v) is 9.71. The molecule has 1 aromatic heterocycles. The van der Waals surface area contributed by atoms with E-state index in [1.807, 2.05) is 0 Å². The molecule has 30 heavy (non-hydrogen) atoms. The van der Waals surface area contributed by atoms with Gasteiger partial charge in [0.15, 0.2) is 5.82 Å². The largest absolute Gasteiger partial charge is 0.393 e. The SMILES string of the molecule is CC[C@@H]1C2CCCCC2(C)C2CCC3(C)C(CCC3[C@H](C)Cc3nn[nH]n3)C2[C@@H]1O. The lowest BCUT2D eigenvalue weighted by Gasteiger charge is -2.64. The summed E-state index contributed by atoms with van der Waals surface area (Å²) in [6.07, 6.45) is 12.7. The van der Waals surface area contributed by atoms with E-state index in [4.69, 9.17) is 0 Å². The van der Waals surface area contributed by atoms with Crippen LogP contribution in [0, 0.1) is 52.3 Å². The first-order chi connectivity index (χ1) is 14.4. The monoisotopic (exact) mass is 414 g/mol. The number of aromatic nitrogens is 4. The van der Waals surface area contributed by atoms with Crippen molar-refractivity contribution in [3.63, 3.8) is 0 Å². The third kappa shape index (κ3) is 2.93. The molecule has 0 saturated heterocycles. The Labute approximate surface area is 182 Å². The molecule has 5 rings (SSSR count). The highest BCUT2D eigenvalue weighted by atomic mass is 16.3.